The average molecular weight is 219 g/mol. The Morgan fingerprint density at radius 3 is 2.87 bits per heavy atom. The molecule has 0 aromatic carbocycles. The summed E-state index contributed by atoms with van der Waals surface area (Å²) in [6, 6.07) is 0. The molecule has 0 radical (unpaired) electrons. The molecule has 6 nitrogen and oxygen atoms in total. The van der Waals surface area contributed by atoms with Crippen molar-refractivity contribution >= 4 is 5.91 Å². The molecule has 0 aliphatic heterocycles. The van der Waals surface area contributed by atoms with Gasteiger partial charge < -0.3 is 14.7 Å². The number of hydrazine groups is 1. The van der Waals surface area contributed by atoms with Gasteiger partial charge in [-0.3, -0.25) is 10.2 Å². The van der Waals surface area contributed by atoms with Crippen LogP contribution >= 0.6 is 0 Å². The zero-order valence-corrected chi connectivity index (χ0v) is 9.40. The Kier molecular flexibility index (Phi) is 8.21. The highest BCUT2D eigenvalue weighted by atomic mass is 16.5. The maximum Gasteiger partial charge on any atom is 0.233 e. The number of nitrogens with zero attached hydrogens (tertiary/aromatic N) is 1. The topological polar surface area (TPSA) is 87.8 Å². The molecule has 90 valence electrons. The molecule has 1 atom stereocenters. The Morgan fingerprint density at radius 2 is 2.33 bits per heavy atom. The van der Waals surface area contributed by atoms with Crippen molar-refractivity contribution in [2.75, 3.05) is 33.9 Å². The molecule has 1 amide bonds. The molecule has 0 bridgehead atoms. The number of nitrogens with one attached hydrogen (secondary N) is 1. The van der Waals surface area contributed by atoms with Gasteiger partial charge in [0, 0.05) is 20.1 Å². The summed E-state index contributed by atoms with van der Waals surface area (Å²) in [4.78, 5) is 12.7. The quantitative estimate of drug-likeness (QED) is 0.268. The highest BCUT2D eigenvalue weighted by Gasteiger charge is 2.07. The second-order valence-electron chi connectivity index (χ2n) is 3.54. The Balaban J connectivity index is 3.48. The summed E-state index contributed by atoms with van der Waals surface area (Å²) in [5.74, 6) is 4.77. The largest absolute Gasteiger partial charge is 0.389 e. The number of methoxy groups -OCH3 is 1. The molecule has 15 heavy (non-hydrogen) atoms. The number of aliphatic hydroxyl groups excluding tert-OH is 1. The SMILES string of the molecule is COCC(O)CN(C)CCCC(=O)NN. The lowest BCUT2D eigenvalue weighted by Gasteiger charge is -2.19. The Labute approximate surface area is 90.3 Å². The van der Waals surface area contributed by atoms with E-state index in [1.54, 1.807) is 7.11 Å². The zero-order valence-electron chi connectivity index (χ0n) is 9.40. The number of hydrogen-bond acceptors (Lipinski definition) is 5. The predicted octanol–water partition coefficient (Wildman–Crippen LogP) is -1.30. The number of carbonyl (C=O) groups excluding carboxylic acids is 1. The summed E-state index contributed by atoms with van der Waals surface area (Å²) < 4.78 is 4.81. The molecule has 0 aromatic rings. The number of aliphatic hydroxyl groups is 1. The number of ether oxygens (including phenoxy) is 1. The van der Waals surface area contributed by atoms with Gasteiger partial charge in [0.2, 0.25) is 5.91 Å². The first-order valence-electron chi connectivity index (χ1n) is 4.95. The highest BCUT2D eigenvalue weighted by Crippen LogP contribution is 1.95. The number of hydrogen-bond donors (Lipinski definition) is 3. The second kappa shape index (κ2) is 8.60. The summed E-state index contributed by atoms with van der Waals surface area (Å²) >= 11 is 0. The summed E-state index contributed by atoms with van der Waals surface area (Å²) in [6.07, 6.45) is 0.642. The second-order valence-corrected chi connectivity index (χ2v) is 3.54. The van der Waals surface area contributed by atoms with Crippen molar-refractivity contribution in [2.45, 2.75) is 18.9 Å². The van der Waals surface area contributed by atoms with E-state index in [2.05, 4.69) is 5.43 Å². The number of nitrogens with two attached hydrogens (primary N) is 1. The van der Waals surface area contributed by atoms with E-state index >= 15 is 0 Å². The lowest BCUT2D eigenvalue weighted by molar-refractivity contribution is -0.121. The smallest absolute Gasteiger partial charge is 0.233 e. The van der Waals surface area contributed by atoms with Crippen molar-refractivity contribution in [1.29, 1.82) is 0 Å². The van der Waals surface area contributed by atoms with Crippen molar-refractivity contribution in [3.8, 4) is 0 Å². The molecule has 6 heteroatoms. The van der Waals surface area contributed by atoms with Crippen LogP contribution in [0.15, 0.2) is 0 Å². The Hall–Kier alpha value is -0.690. The fourth-order valence-electron chi connectivity index (χ4n) is 1.28. The van der Waals surface area contributed by atoms with Crippen LogP contribution in [0.2, 0.25) is 0 Å². The summed E-state index contributed by atoms with van der Waals surface area (Å²) in [5, 5.41) is 9.41. The van der Waals surface area contributed by atoms with Crippen LogP contribution in [0.25, 0.3) is 0 Å². The Morgan fingerprint density at radius 1 is 1.67 bits per heavy atom. The van der Waals surface area contributed by atoms with E-state index in [0.29, 0.717) is 19.6 Å². The molecule has 0 spiro atoms. The van der Waals surface area contributed by atoms with Crippen LogP contribution in [0.5, 0.6) is 0 Å². The number of likely N-dealkylation sites (N-methyl/N-ethyl adjacent to an activating group) is 1. The van der Waals surface area contributed by atoms with Crippen molar-refractivity contribution in [3.63, 3.8) is 0 Å². The third-order valence-corrected chi connectivity index (χ3v) is 1.99. The van der Waals surface area contributed by atoms with Gasteiger partial charge in [-0.05, 0) is 20.0 Å². The fourth-order valence-corrected chi connectivity index (χ4v) is 1.28. The zero-order chi connectivity index (χ0) is 11.7. The van der Waals surface area contributed by atoms with E-state index in [9.17, 15) is 9.90 Å². The minimum absolute atomic E-state index is 0.166. The molecule has 0 fully saturated rings. The molecule has 0 rings (SSSR count). The standard InChI is InChI=1S/C9H21N3O3/c1-12(6-8(13)7-15-2)5-3-4-9(14)11-10/h8,13H,3-7,10H2,1-2H3,(H,11,14). The van der Waals surface area contributed by atoms with Gasteiger partial charge in [-0.1, -0.05) is 0 Å². The minimum atomic E-state index is -0.483. The number of rotatable bonds is 8. The van der Waals surface area contributed by atoms with Gasteiger partial charge in [0.25, 0.3) is 0 Å². The van der Waals surface area contributed by atoms with Crippen molar-refractivity contribution in [2.24, 2.45) is 5.84 Å². The van der Waals surface area contributed by atoms with Crippen LogP contribution in [0.4, 0.5) is 0 Å². The Bertz CT molecular complexity index is 178. The van der Waals surface area contributed by atoms with E-state index in [4.69, 9.17) is 10.6 Å². The number of amides is 1. The molecule has 0 aliphatic rings. The van der Waals surface area contributed by atoms with Crippen LogP contribution in [0.1, 0.15) is 12.8 Å². The summed E-state index contributed by atoms with van der Waals surface area (Å²) in [5.41, 5.74) is 2.07. The van der Waals surface area contributed by atoms with Crippen molar-refractivity contribution in [3.05, 3.63) is 0 Å². The first kappa shape index (κ1) is 14.3. The third-order valence-electron chi connectivity index (χ3n) is 1.99. The molecule has 0 aromatic heterocycles. The normalized spacial score (nSPS) is 12.9. The molecule has 0 saturated carbocycles. The molecular formula is C9H21N3O3. The van der Waals surface area contributed by atoms with E-state index in [1.165, 1.54) is 0 Å². The lowest BCUT2D eigenvalue weighted by atomic mass is 10.2. The number of carbonyl (C=O) groups is 1. The monoisotopic (exact) mass is 219 g/mol. The first-order chi connectivity index (χ1) is 7.10. The highest BCUT2D eigenvalue weighted by molar-refractivity contribution is 5.75. The summed E-state index contributed by atoms with van der Waals surface area (Å²) in [7, 11) is 3.44. The first-order valence-corrected chi connectivity index (χ1v) is 4.95. The van der Waals surface area contributed by atoms with Gasteiger partial charge >= 0.3 is 0 Å². The maximum atomic E-state index is 10.8. The van der Waals surface area contributed by atoms with Crippen LogP contribution in [0, 0.1) is 0 Å². The van der Waals surface area contributed by atoms with Crippen molar-refractivity contribution in [1.82, 2.24) is 10.3 Å². The van der Waals surface area contributed by atoms with E-state index < -0.39 is 6.10 Å². The molecule has 0 aliphatic carbocycles. The molecular weight excluding hydrogens is 198 g/mol. The molecule has 1 unspecified atom stereocenters. The van der Waals surface area contributed by atoms with E-state index in [0.717, 1.165) is 13.0 Å². The van der Waals surface area contributed by atoms with Gasteiger partial charge in [-0.25, -0.2) is 5.84 Å². The fraction of sp³-hybridized carbons (Fsp3) is 0.889. The van der Waals surface area contributed by atoms with Crippen LogP contribution < -0.4 is 11.3 Å². The van der Waals surface area contributed by atoms with Gasteiger partial charge in [0.05, 0.1) is 12.7 Å². The molecule has 0 heterocycles. The van der Waals surface area contributed by atoms with E-state index in [-0.39, 0.29) is 5.91 Å². The van der Waals surface area contributed by atoms with Crippen LogP contribution in [-0.2, 0) is 9.53 Å². The van der Waals surface area contributed by atoms with Crippen LogP contribution in [0.3, 0.4) is 0 Å². The third kappa shape index (κ3) is 8.31. The van der Waals surface area contributed by atoms with Crippen LogP contribution in [-0.4, -0.2) is 55.9 Å². The minimum Gasteiger partial charge on any atom is -0.389 e. The van der Waals surface area contributed by atoms with E-state index in [1.807, 2.05) is 11.9 Å². The van der Waals surface area contributed by atoms with Gasteiger partial charge in [-0.2, -0.15) is 0 Å². The summed E-state index contributed by atoms with van der Waals surface area (Å²) in [6.45, 7) is 1.61. The molecule has 0 saturated heterocycles. The van der Waals surface area contributed by atoms with Gasteiger partial charge in [0.15, 0.2) is 0 Å². The molecule has 4 N–H and O–H groups in total. The van der Waals surface area contributed by atoms with Crippen molar-refractivity contribution < 1.29 is 14.6 Å². The predicted molar refractivity (Wildman–Crippen MR) is 56.9 cm³/mol. The van der Waals surface area contributed by atoms with Gasteiger partial charge in [0.1, 0.15) is 0 Å². The lowest BCUT2D eigenvalue weighted by Crippen LogP contribution is -2.34. The average Bonchev–Trinajstić information content (AvgIpc) is 2.17. The maximum absolute atomic E-state index is 10.8. The van der Waals surface area contributed by atoms with Gasteiger partial charge in [-0.15, -0.1) is 0 Å².